The molecule has 0 saturated carbocycles. The number of carbonyl (C=O) groups excluding carboxylic acids is 2. The number of carbonyl (C=O) groups is 2. The number of amides is 2. The van der Waals surface area contributed by atoms with Gasteiger partial charge in [-0.3, -0.25) is 9.59 Å². The molecule has 1 rings (SSSR count). The molecular weight excluding hydrogens is 294 g/mol. The van der Waals surface area contributed by atoms with Gasteiger partial charge in [-0.1, -0.05) is 12.1 Å². The summed E-state index contributed by atoms with van der Waals surface area (Å²) in [5.41, 5.74) is 1.00. The van der Waals surface area contributed by atoms with Gasteiger partial charge >= 0.3 is 0 Å². The zero-order valence-electron chi connectivity index (χ0n) is 14.6. The Labute approximate surface area is 138 Å². The fourth-order valence-electron chi connectivity index (χ4n) is 2.09. The molecule has 23 heavy (non-hydrogen) atoms. The third-order valence-corrected chi connectivity index (χ3v) is 3.65. The molecule has 0 heterocycles. The molecule has 0 aromatic heterocycles. The van der Waals surface area contributed by atoms with Gasteiger partial charge in [0.25, 0.3) is 11.8 Å². The van der Waals surface area contributed by atoms with Gasteiger partial charge in [-0.2, -0.15) is 0 Å². The molecule has 6 heteroatoms. The molecule has 0 fully saturated rings. The Morgan fingerprint density at radius 1 is 1.17 bits per heavy atom. The Hall–Kier alpha value is -2.08. The van der Waals surface area contributed by atoms with Crippen LogP contribution in [0.1, 0.15) is 26.3 Å². The first-order valence-electron chi connectivity index (χ1n) is 7.85. The minimum absolute atomic E-state index is 0.0488. The van der Waals surface area contributed by atoms with Crippen LogP contribution in [0.15, 0.2) is 24.3 Å². The first kappa shape index (κ1) is 19.0. The summed E-state index contributed by atoms with van der Waals surface area (Å²) >= 11 is 0. The Bertz CT molecular complexity index is 514. The number of benzene rings is 1. The van der Waals surface area contributed by atoms with Gasteiger partial charge in [-0.05, 0) is 38.5 Å². The summed E-state index contributed by atoms with van der Waals surface area (Å²) in [6.45, 7) is 6.38. The first-order valence-corrected chi connectivity index (χ1v) is 7.85. The van der Waals surface area contributed by atoms with Crippen LogP contribution >= 0.6 is 0 Å². The maximum atomic E-state index is 12.2. The minimum atomic E-state index is -0.300. The van der Waals surface area contributed by atoms with Crippen LogP contribution < -0.4 is 20.3 Å². The molecule has 0 saturated heterocycles. The van der Waals surface area contributed by atoms with E-state index in [2.05, 4.69) is 10.6 Å². The highest BCUT2D eigenvalue weighted by molar-refractivity contribution is 5.81. The summed E-state index contributed by atoms with van der Waals surface area (Å²) in [5.74, 6) is 0.664. The fraction of sp³-hybridized carbons (Fsp3) is 0.529. The van der Waals surface area contributed by atoms with Gasteiger partial charge in [0.15, 0.2) is 12.6 Å². The third kappa shape index (κ3) is 6.69. The Morgan fingerprint density at radius 3 is 2.30 bits per heavy atom. The van der Waals surface area contributed by atoms with Gasteiger partial charge in [0.05, 0.1) is 14.2 Å². The predicted molar refractivity (Wildman–Crippen MR) is 89.3 cm³/mol. The van der Waals surface area contributed by atoms with Crippen LogP contribution in [-0.2, 0) is 16.1 Å². The third-order valence-electron chi connectivity index (χ3n) is 3.65. The van der Waals surface area contributed by atoms with Gasteiger partial charge in [0, 0.05) is 12.6 Å². The van der Waals surface area contributed by atoms with Gasteiger partial charge in [-0.25, -0.2) is 0 Å². The van der Waals surface area contributed by atoms with Gasteiger partial charge in [0.2, 0.25) is 0 Å². The average Bonchev–Trinajstić information content (AvgIpc) is 2.51. The van der Waals surface area contributed by atoms with Crippen molar-refractivity contribution in [1.29, 1.82) is 0 Å². The summed E-state index contributed by atoms with van der Waals surface area (Å²) in [4.78, 5) is 24.8. The van der Waals surface area contributed by atoms with Crippen LogP contribution in [0.4, 0.5) is 0 Å². The van der Waals surface area contributed by atoms with E-state index in [1.54, 1.807) is 7.11 Å². The second-order valence-corrected chi connectivity index (χ2v) is 6.03. The highest BCUT2D eigenvalue weighted by Crippen LogP contribution is 2.10. The molecule has 1 unspecified atom stereocenters. The quantitative estimate of drug-likeness (QED) is 0.617. The van der Waals surface area contributed by atoms with E-state index in [4.69, 9.17) is 4.74 Å². The van der Waals surface area contributed by atoms with Gasteiger partial charge < -0.3 is 20.3 Å². The van der Waals surface area contributed by atoms with Crippen molar-refractivity contribution in [1.82, 2.24) is 10.6 Å². The molecule has 6 nitrogen and oxygen atoms in total. The number of rotatable bonds is 8. The SMILES string of the molecule is COc1ccc(CNC(=O)[C@H](C)[NH+](C)CC(=O)NC(C)C)cc1. The van der Waals surface area contributed by atoms with Crippen LogP contribution in [0.2, 0.25) is 0 Å². The van der Waals surface area contributed by atoms with Crippen LogP contribution in [0.3, 0.4) is 0 Å². The summed E-state index contributed by atoms with van der Waals surface area (Å²) in [6, 6.07) is 7.35. The first-order chi connectivity index (χ1) is 10.8. The van der Waals surface area contributed by atoms with Crippen molar-refractivity contribution < 1.29 is 19.2 Å². The van der Waals surface area contributed by atoms with E-state index in [9.17, 15) is 9.59 Å². The summed E-state index contributed by atoms with van der Waals surface area (Å²) in [7, 11) is 3.46. The maximum absolute atomic E-state index is 12.2. The molecule has 2 atom stereocenters. The molecule has 0 radical (unpaired) electrons. The monoisotopic (exact) mass is 322 g/mol. The number of quaternary nitrogens is 1. The molecular formula is C17H28N3O3+. The fourth-order valence-corrected chi connectivity index (χ4v) is 2.09. The molecule has 0 aliphatic carbocycles. The lowest BCUT2D eigenvalue weighted by atomic mass is 10.2. The lowest BCUT2D eigenvalue weighted by molar-refractivity contribution is -0.886. The van der Waals surface area contributed by atoms with E-state index in [1.807, 2.05) is 52.1 Å². The molecule has 0 aliphatic heterocycles. The van der Waals surface area contributed by atoms with Crippen molar-refractivity contribution >= 4 is 11.8 Å². The van der Waals surface area contributed by atoms with Crippen molar-refractivity contribution in [3.8, 4) is 5.75 Å². The number of likely N-dealkylation sites (N-methyl/N-ethyl adjacent to an activating group) is 1. The van der Waals surface area contributed by atoms with Crippen molar-refractivity contribution in [3.05, 3.63) is 29.8 Å². The average molecular weight is 322 g/mol. The van der Waals surface area contributed by atoms with Crippen LogP contribution in [0.5, 0.6) is 5.75 Å². The normalized spacial score (nSPS) is 13.3. The van der Waals surface area contributed by atoms with Crippen LogP contribution in [-0.4, -0.2) is 44.6 Å². The number of hydrogen-bond acceptors (Lipinski definition) is 3. The van der Waals surface area contributed by atoms with E-state index in [0.717, 1.165) is 16.2 Å². The predicted octanol–water partition coefficient (Wildman–Crippen LogP) is -0.261. The van der Waals surface area contributed by atoms with Crippen molar-refractivity contribution in [2.75, 3.05) is 20.7 Å². The summed E-state index contributed by atoms with van der Waals surface area (Å²) in [5, 5.41) is 5.73. The molecule has 128 valence electrons. The highest BCUT2D eigenvalue weighted by atomic mass is 16.5. The molecule has 3 N–H and O–H groups in total. The van der Waals surface area contributed by atoms with Crippen molar-refractivity contribution in [2.24, 2.45) is 0 Å². The molecule has 2 amide bonds. The van der Waals surface area contributed by atoms with Gasteiger partial charge in [0.1, 0.15) is 5.75 Å². The zero-order valence-corrected chi connectivity index (χ0v) is 14.6. The molecule has 0 spiro atoms. The number of ether oxygens (including phenoxy) is 1. The summed E-state index contributed by atoms with van der Waals surface area (Å²) < 4.78 is 5.10. The second-order valence-electron chi connectivity index (χ2n) is 6.03. The Kier molecular flexibility index (Phi) is 7.54. The maximum Gasteiger partial charge on any atom is 0.278 e. The Morgan fingerprint density at radius 2 is 1.78 bits per heavy atom. The molecule has 0 aliphatic rings. The summed E-state index contributed by atoms with van der Waals surface area (Å²) in [6.07, 6.45) is 0. The number of nitrogens with one attached hydrogen (secondary N) is 3. The van der Waals surface area contributed by atoms with E-state index in [1.165, 1.54) is 0 Å². The van der Waals surface area contributed by atoms with Gasteiger partial charge in [-0.15, -0.1) is 0 Å². The smallest absolute Gasteiger partial charge is 0.278 e. The highest BCUT2D eigenvalue weighted by Gasteiger charge is 2.23. The van der Waals surface area contributed by atoms with E-state index < -0.39 is 0 Å². The lowest BCUT2D eigenvalue weighted by Gasteiger charge is -2.21. The van der Waals surface area contributed by atoms with E-state index in [-0.39, 0.29) is 30.4 Å². The zero-order chi connectivity index (χ0) is 17.4. The number of methoxy groups -OCH3 is 1. The van der Waals surface area contributed by atoms with E-state index >= 15 is 0 Å². The number of hydrogen-bond donors (Lipinski definition) is 3. The van der Waals surface area contributed by atoms with Crippen molar-refractivity contribution in [3.63, 3.8) is 0 Å². The lowest BCUT2D eigenvalue weighted by Crippen LogP contribution is -3.15. The van der Waals surface area contributed by atoms with Crippen LogP contribution in [0, 0.1) is 0 Å². The van der Waals surface area contributed by atoms with Crippen molar-refractivity contribution in [2.45, 2.75) is 39.4 Å². The molecule has 0 bridgehead atoms. The molecule has 1 aromatic rings. The molecule has 1 aromatic carbocycles. The van der Waals surface area contributed by atoms with Crippen LogP contribution in [0.25, 0.3) is 0 Å². The Balaban J connectivity index is 2.44. The standard InChI is InChI=1S/C17H27N3O3/c1-12(2)19-16(21)11-20(4)13(3)17(22)18-10-14-6-8-15(23-5)9-7-14/h6-9,12-13H,10-11H2,1-5H3,(H,18,22)(H,19,21)/p+1/t13-/m0/s1. The largest absolute Gasteiger partial charge is 0.497 e. The van der Waals surface area contributed by atoms with E-state index in [0.29, 0.717) is 6.54 Å². The minimum Gasteiger partial charge on any atom is -0.497 e. The second kappa shape index (κ2) is 9.15. The topological polar surface area (TPSA) is 71.9 Å².